The number of rotatable bonds is 8. The van der Waals surface area contributed by atoms with Gasteiger partial charge in [-0.05, 0) is 37.8 Å². The van der Waals surface area contributed by atoms with Crippen molar-refractivity contribution in [3.8, 4) is 0 Å². The van der Waals surface area contributed by atoms with E-state index in [0.717, 1.165) is 46.1 Å². The molecule has 2 heterocycles. The third-order valence-electron chi connectivity index (χ3n) is 6.20. The number of aromatic nitrogens is 2. The first-order valence-electron chi connectivity index (χ1n) is 11.4. The first-order chi connectivity index (χ1) is 15.6. The van der Waals surface area contributed by atoms with Gasteiger partial charge in [0, 0.05) is 12.1 Å². The summed E-state index contributed by atoms with van der Waals surface area (Å²) in [6, 6.07) is 4.86. The zero-order chi connectivity index (χ0) is 21.9. The van der Waals surface area contributed by atoms with Crippen LogP contribution in [0, 0.1) is 0 Å². The van der Waals surface area contributed by atoms with E-state index in [9.17, 15) is 9.59 Å². The minimum Gasteiger partial charge on any atom is -0.306 e. The van der Waals surface area contributed by atoms with Crippen LogP contribution in [0.3, 0.4) is 0 Å². The zero-order valence-corrected chi connectivity index (χ0v) is 19.5. The maximum Gasteiger partial charge on any atom is 0.240 e. The van der Waals surface area contributed by atoms with Crippen LogP contribution in [0.5, 0.6) is 0 Å². The first-order valence-corrected chi connectivity index (χ1v) is 13.0. The molecule has 0 unspecified atom stereocenters. The Hall–Kier alpha value is -2.14. The fraction of sp³-hybridized carbons (Fsp3) is 0.545. The number of carbonyl (C=O) groups is 2. The van der Waals surface area contributed by atoms with Crippen molar-refractivity contribution in [2.75, 3.05) is 23.7 Å². The van der Waals surface area contributed by atoms with Crippen LogP contribution < -0.4 is 21.3 Å². The van der Waals surface area contributed by atoms with Gasteiger partial charge < -0.3 is 21.3 Å². The molecule has 2 aromatic heterocycles. The molecule has 10 heteroatoms. The highest BCUT2D eigenvalue weighted by Gasteiger charge is 2.18. The molecule has 170 valence electrons. The number of nitrogens with zero attached hydrogens (tertiary/aromatic N) is 2. The lowest BCUT2D eigenvalue weighted by Crippen LogP contribution is -2.34. The number of hydrogen-bond acceptors (Lipinski definition) is 8. The molecule has 0 aliphatic heterocycles. The maximum absolute atomic E-state index is 12.3. The van der Waals surface area contributed by atoms with Gasteiger partial charge in [0.05, 0.1) is 33.5 Å². The molecule has 3 aromatic rings. The van der Waals surface area contributed by atoms with Crippen LogP contribution in [0.15, 0.2) is 12.1 Å². The second-order valence-electron chi connectivity index (χ2n) is 8.65. The van der Waals surface area contributed by atoms with Crippen LogP contribution in [0.1, 0.15) is 51.4 Å². The third-order valence-corrected chi connectivity index (χ3v) is 8.07. The normalized spacial score (nSPS) is 17.5. The van der Waals surface area contributed by atoms with Gasteiger partial charge in [0.2, 0.25) is 11.8 Å². The van der Waals surface area contributed by atoms with Crippen molar-refractivity contribution in [3.05, 3.63) is 12.1 Å². The lowest BCUT2D eigenvalue weighted by Gasteiger charge is -2.10. The molecule has 2 aliphatic rings. The van der Waals surface area contributed by atoms with Crippen molar-refractivity contribution in [3.63, 3.8) is 0 Å². The Morgan fingerprint density at radius 3 is 1.62 bits per heavy atom. The van der Waals surface area contributed by atoms with E-state index in [1.54, 1.807) is 0 Å². The van der Waals surface area contributed by atoms with Crippen molar-refractivity contribution in [1.82, 2.24) is 20.6 Å². The van der Waals surface area contributed by atoms with Crippen LogP contribution in [-0.2, 0) is 9.59 Å². The first kappa shape index (κ1) is 21.7. The smallest absolute Gasteiger partial charge is 0.240 e. The molecule has 2 amide bonds. The Kier molecular flexibility index (Phi) is 6.63. The number of benzene rings is 1. The van der Waals surface area contributed by atoms with E-state index in [0.29, 0.717) is 35.4 Å². The monoisotopic (exact) mass is 472 g/mol. The molecule has 2 fully saturated rings. The van der Waals surface area contributed by atoms with E-state index in [4.69, 9.17) is 0 Å². The van der Waals surface area contributed by atoms with Crippen LogP contribution in [0.4, 0.5) is 10.3 Å². The highest BCUT2D eigenvalue weighted by molar-refractivity contribution is 7.24. The number of thiazole rings is 2. The van der Waals surface area contributed by atoms with E-state index < -0.39 is 0 Å². The standard InChI is InChI=1S/C22H28N6O2S2/c29-19(11-23-13-5-1-2-6-13)27-21-25-15-9-16-18(10-17(15)31-21)32-22(26-16)28-20(30)12-24-14-7-3-4-8-14/h9-10,13-14,23-24H,1-8,11-12H2,(H,25,27,29)(H,26,28,30). The number of hydrogen-bond donors (Lipinski definition) is 4. The molecule has 0 saturated heterocycles. The van der Waals surface area contributed by atoms with Gasteiger partial charge in [0.25, 0.3) is 0 Å². The summed E-state index contributed by atoms with van der Waals surface area (Å²) in [4.78, 5) is 33.6. The molecule has 0 atom stereocenters. The number of carbonyl (C=O) groups excluding carboxylic acids is 2. The third kappa shape index (κ3) is 5.25. The summed E-state index contributed by atoms with van der Waals surface area (Å²) in [6.45, 7) is 0.631. The van der Waals surface area contributed by atoms with Crippen molar-refractivity contribution in [2.24, 2.45) is 0 Å². The van der Waals surface area contributed by atoms with E-state index in [-0.39, 0.29) is 11.8 Å². The Morgan fingerprint density at radius 1 is 0.750 bits per heavy atom. The highest BCUT2D eigenvalue weighted by atomic mass is 32.1. The molecule has 4 N–H and O–H groups in total. The summed E-state index contributed by atoms with van der Waals surface area (Å²) in [7, 11) is 0. The molecule has 0 bridgehead atoms. The molecule has 5 rings (SSSR count). The van der Waals surface area contributed by atoms with Gasteiger partial charge in [-0.1, -0.05) is 48.4 Å². The SMILES string of the molecule is O=C(CNC1CCCC1)Nc1nc2cc3nc(NC(=O)CNC4CCCC4)sc3cc2s1. The quantitative estimate of drug-likeness (QED) is 0.397. The largest absolute Gasteiger partial charge is 0.306 e. The predicted molar refractivity (Wildman–Crippen MR) is 131 cm³/mol. The topological polar surface area (TPSA) is 108 Å². The summed E-state index contributed by atoms with van der Waals surface area (Å²) in [5.74, 6) is -0.126. The number of nitrogens with one attached hydrogen (secondary N) is 4. The van der Waals surface area contributed by atoms with Crippen LogP contribution in [0.25, 0.3) is 20.4 Å². The molecule has 32 heavy (non-hydrogen) atoms. The van der Waals surface area contributed by atoms with Crippen LogP contribution >= 0.6 is 22.7 Å². The summed E-state index contributed by atoms with van der Waals surface area (Å²) in [6.07, 6.45) is 9.57. The van der Waals surface area contributed by atoms with Crippen molar-refractivity contribution in [2.45, 2.75) is 63.5 Å². The molecule has 0 radical (unpaired) electrons. The van der Waals surface area contributed by atoms with Crippen LogP contribution in [0.2, 0.25) is 0 Å². The van der Waals surface area contributed by atoms with E-state index in [2.05, 4.69) is 31.2 Å². The fourth-order valence-electron chi connectivity index (χ4n) is 4.52. The molecule has 1 aromatic carbocycles. The van der Waals surface area contributed by atoms with E-state index in [1.807, 2.05) is 12.1 Å². The maximum atomic E-state index is 12.3. The lowest BCUT2D eigenvalue weighted by molar-refractivity contribution is -0.116. The fourth-order valence-corrected chi connectivity index (χ4v) is 6.40. The van der Waals surface area contributed by atoms with Gasteiger partial charge in [-0.3, -0.25) is 9.59 Å². The van der Waals surface area contributed by atoms with Gasteiger partial charge in [-0.25, -0.2) is 9.97 Å². The van der Waals surface area contributed by atoms with Crippen molar-refractivity contribution < 1.29 is 9.59 Å². The molecular weight excluding hydrogens is 444 g/mol. The molecule has 2 aliphatic carbocycles. The second-order valence-corrected chi connectivity index (χ2v) is 10.7. The second kappa shape index (κ2) is 9.78. The van der Waals surface area contributed by atoms with Gasteiger partial charge in [-0.2, -0.15) is 0 Å². The van der Waals surface area contributed by atoms with Crippen LogP contribution in [-0.4, -0.2) is 47.0 Å². The van der Waals surface area contributed by atoms with Crippen molar-refractivity contribution in [1.29, 1.82) is 0 Å². The average Bonchev–Trinajstić information content (AvgIpc) is 3.56. The summed E-state index contributed by atoms with van der Waals surface area (Å²) >= 11 is 2.91. The van der Waals surface area contributed by atoms with Gasteiger partial charge >= 0.3 is 0 Å². The minimum absolute atomic E-state index is 0.0629. The molecule has 0 spiro atoms. The molecule has 8 nitrogen and oxygen atoms in total. The van der Waals surface area contributed by atoms with Gasteiger partial charge in [0.15, 0.2) is 10.3 Å². The summed E-state index contributed by atoms with van der Waals surface area (Å²) in [5, 5.41) is 13.6. The molecule has 2 saturated carbocycles. The summed E-state index contributed by atoms with van der Waals surface area (Å²) in [5.41, 5.74) is 1.60. The number of fused-ring (bicyclic) bond motifs is 2. The zero-order valence-electron chi connectivity index (χ0n) is 17.9. The average molecular weight is 473 g/mol. The minimum atomic E-state index is -0.0629. The number of amides is 2. The summed E-state index contributed by atoms with van der Waals surface area (Å²) < 4.78 is 1.97. The lowest BCUT2D eigenvalue weighted by atomic mass is 10.2. The number of anilines is 2. The predicted octanol–water partition coefficient (Wildman–Crippen LogP) is 3.85. The van der Waals surface area contributed by atoms with Gasteiger partial charge in [0.1, 0.15) is 0 Å². The molecular formula is C22H28N6O2S2. The Morgan fingerprint density at radius 2 is 1.19 bits per heavy atom. The Balaban J connectivity index is 1.19. The van der Waals surface area contributed by atoms with E-state index in [1.165, 1.54) is 48.4 Å². The van der Waals surface area contributed by atoms with Crippen molar-refractivity contribution >= 4 is 65.2 Å². The Labute approximate surface area is 194 Å². The highest BCUT2D eigenvalue weighted by Crippen LogP contribution is 2.34. The van der Waals surface area contributed by atoms with Gasteiger partial charge in [-0.15, -0.1) is 0 Å². The Bertz CT molecular complexity index is 980. The van der Waals surface area contributed by atoms with E-state index >= 15 is 0 Å².